The lowest BCUT2D eigenvalue weighted by Gasteiger charge is -2.20. The van der Waals surface area contributed by atoms with Gasteiger partial charge in [0.2, 0.25) is 0 Å². The number of anilines is 2. The smallest absolute Gasteiger partial charge is 0.281 e. The second-order valence-electron chi connectivity index (χ2n) is 9.65. The van der Waals surface area contributed by atoms with Gasteiger partial charge in [0.25, 0.3) is 11.5 Å². The first-order valence-electron chi connectivity index (χ1n) is 13.1. The van der Waals surface area contributed by atoms with Gasteiger partial charge >= 0.3 is 0 Å². The van der Waals surface area contributed by atoms with E-state index < -0.39 is 11.9 Å². The molecule has 4 aromatic heterocycles. The predicted molar refractivity (Wildman–Crippen MR) is 159 cm³/mol. The van der Waals surface area contributed by atoms with Crippen molar-refractivity contribution >= 4 is 34.0 Å². The number of carbonyl (C=O) groups is 1. The number of hydrogen-bond donors (Lipinski definition) is 3. The van der Waals surface area contributed by atoms with Crippen LogP contribution in [0.1, 0.15) is 46.0 Å². The maximum absolute atomic E-state index is 14.1. The fraction of sp³-hybridized carbons (Fsp3) is 0.133. The summed E-state index contributed by atoms with van der Waals surface area (Å²) in [6, 6.07) is 15.5. The molecule has 0 saturated carbocycles. The quantitative estimate of drug-likeness (QED) is 0.274. The van der Waals surface area contributed by atoms with Crippen molar-refractivity contribution in [2.75, 3.05) is 11.2 Å². The SMILES string of the molecule is Cc1c(C#Cc2cccc3nc([C@@H](C)NC(=O)c4c(N)nn5cccnc45)n(Nc4ccccc4)c(=O)c23)cnn1C. The van der Waals surface area contributed by atoms with Crippen LogP contribution >= 0.6 is 0 Å². The summed E-state index contributed by atoms with van der Waals surface area (Å²) in [5, 5.41) is 11.7. The van der Waals surface area contributed by atoms with Crippen molar-refractivity contribution in [2.45, 2.75) is 19.9 Å². The minimum Gasteiger partial charge on any atom is -0.381 e. The molecule has 2 aromatic carbocycles. The first kappa shape index (κ1) is 26.3. The third-order valence-corrected chi connectivity index (χ3v) is 6.89. The fourth-order valence-corrected chi connectivity index (χ4v) is 4.60. The number of nitrogens with zero attached hydrogens (tertiary/aromatic N) is 7. The van der Waals surface area contributed by atoms with E-state index in [1.54, 1.807) is 54.5 Å². The molecule has 0 unspecified atom stereocenters. The predicted octanol–water partition coefficient (Wildman–Crippen LogP) is 2.83. The van der Waals surface area contributed by atoms with Crippen LogP contribution in [0.3, 0.4) is 0 Å². The second kappa shape index (κ2) is 10.5. The summed E-state index contributed by atoms with van der Waals surface area (Å²) in [5.74, 6) is 6.07. The van der Waals surface area contributed by atoms with Gasteiger partial charge in [-0.25, -0.2) is 19.2 Å². The zero-order valence-corrected chi connectivity index (χ0v) is 23.0. The molecule has 1 amide bonds. The topological polar surface area (TPSA) is 150 Å². The van der Waals surface area contributed by atoms with Gasteiger partial charge in [0.1, 0.15) is 5.56 Å². The molecule has 12 nitrogen and oxygen atoms in total. The molecule has 12 heteroatoms. The average Bonchev–Trinajstić information content (AvgIpc) is 3.50. The number of aromatic nitrogens is 7. The van der Waals surface area contributed by atoms with E-state index in [9.17, 15) is 9.59 Å². The van der Waals surface area contributed by atoms with Crippen molar-refractivity contribution < 1.29 is 4.79 Å². The second-order valence-corrected chi connectivity index (χ2v) is 9.65. The third-order valence-electron chi connectivity index (χ3n) is 6.89. The molecule has 1 atom stereocenters. The number of nitrogens with two attached hydrogens (primary N) is 1. The maximum Gasteiger partial charge on any atom is 0.281 e. The van der Waals surface area contributed by atoms with Gasteiger partial charge in [-0.15, -0.1) is 5.10 Å². The Bertz CT molecular complexity index is 2100. The van der Waals surface area contributed by atoms with Crippen molar-refractivity contribution in [3.05, 3.63) is 112 Å². The van der Waals surface area contributed by atoms with Crippen molar-refractivity contribution in [1.29, 1.82) is 0 Å². The number of nitrogen functional groups attached to an aromatic ring is 1. The summed E-state index contributed by atoms with van der Waals surface area (Å²) in [4.78, 5) is 36.6. The van der Waals surface area contributed by atoms with Gasteiger partial charge in [0, 0.05) is 25.0 Å². The molecule has 4 heterocycles. The van der Waals surface area contributed by atoms with Gasteiger partial charge in [-0.1, -0.05) is 36.1 Å². The van der Waals surface area contributed by atoms with E-state index in [-0.39, 0.29) is 22.8 Å². The number of para-hydroxylation sites is 1. The number of rotatable bonds is 5. The first-order valence-corrected chi connectivity index (χ1v) is 13.1. The van der Waals surface area contributed by atoms with Crippen LogP contribution < -0.4 is 22.0 Å². The Kier molecular flexibility index (Phi) is 6.60. The molecule has 4 N–H and O–H groups in total. The lowest BCUT2D eigenvalue weighted by atomic mass is 10.1. The Morgan fingerprint density at radius 1 is 1.05 bits per heavy atom. The van der Waals surface area contributed by atoms with E-state index in [0.717, 1.165) is 11.3 Å². The molecule has 0 spiro atoms. The number of aryl methyl sites for hydroxylation is 1. The van der Waals surface area contributed by atoms with E-state index >= 15 is 0 Å². The summed E-state index contributed by atoms with van der Waals surface area (Å²) in [5.41, 5.74) is 12.6. The summed E-state index contributed by atoms with van der Waals surface area (Å²) in [6.07, 6.45) is 4.90. The summed E-state index contributed by atoms with van der Waals surface area (Å²) < 4.78 is 4.51. The first-order chi connectivity index (χ1) is 20.3. The summed E-state index contributed by atoms with van der Waals surface area (Å²) in [6.45, 7) is 3.66. The van der Waals surface area contributed by atoms with Gasteiger partial charge in [0.05, 0.1) is 40.1 Å². The molecule has 0 aliphatic carbocycles. The Balaban J connectivity index is 1.45. The Labute approximate surface area is 239 Å². The highest BCUT2D eigenvalue weighted by molar-refractivity contribution is 6.04. The summed E-state index contributed by atoms with van der Waals surface area (Å²) >= 11 is 0. The van der Waals surface area contributed by atoms with Crippen LogP contribution in [0, 0.1) is 18.8 Å². The van der Waals surface area contributed by atoms with E-state index in [1.165, 1.54) is 9.19 Å². The molecule has 0 bridgehead atoms. The molecule has 0 radical (unpaired) electrons. The average molecular weight is 559 g/mol. The van der Waals surface area contributed by atoms with Crippen LogP contribution in [-0.4, -0.2) is 39.9 Å². The van der Waals surface area contributed by atoms with Crippen LogP contribution in [0.25, 0.3) is 16.6 Å². The van der Waals surface area contributed by atoms with Gasteiger partial charge in [0.15, 0.2) is 17.3 Å². The largest absolute Gasteiger partial charge is 0.381 e. The highest BCUT2D eigenvalue weighted by atomic mass is 16.2. The van der Waals surface area contributed by atoms with E-state index in [4.69, 9.17) is 10.7 Å². The van der Waals surface area contributed by atoms with Gasteiger partial charge in [-0.2, -0.15) is 5.10 Å². The molecular weight excluding hydrogens is 532 g/mol. The molecule has 0 saturated heterocycles. The normalized spacial score (nSPS) is 11.7. The van der Waals surface area contributed by atoms with Crippen molar-refractivity contribution in [1.82, 2.24) is 39.4 Å². The molecular formula is C30H26N10O2. The Morgan fingerprint density at radius 3 is 2.60 bits per heavy atom. The monoisotopic (exact) mass is 558 g/mol. The number of amides is 1. The van der Waals surface area contributed by atoms with Crippen LogP contribution in [-0.2, 0) is 7.05 Å². The highest BCUT2D eigenvalue weighted by Gasteiger charge is 2.24. The maximum atomic E-state index is 14.1. The lowest BCUT2D eigenvalue weighted by molar-refractivity contribution is 0.0940. The molecule has 6 aromatic rings. The van der Waals surface area contributed by atoms with E-state index in [0.29, 0.717) is 27.8 Å². The van der Waals surface area contributed by atoms with Gasteiger partial charge in [-0.3, -0.25) is 19.7 Å². The molecule has 0 aliphatic heterocycles. The minimum absolute atomic E-state index is 0.0386. The van der Waals surface area contributed by atoms with Crippen molar-refractivity contribution in [3.63, 3.8) is 0 Å². The zero-order valence-electron chi connectivity index (χ0n) is 23.0. The molecule has 0 aliphatic rings. The van der Waals surface area contributed by atoms with Gasteiger partial charge < -0.3 is 11.1 Å². The number of fused-ring (bicyclic) bond motifs is 2. The van der Waals surface area contributed by atoms with E-state index in [2.05, 4.69) is 37.8 Å². The highest BCUT2D eigenvalue weighted by Crippen LogP contribution is 2.21. The number of benzene rings is 2. The fourth-order valence-electron chi connectivity index (χ4n) is 4.60. The number of hydrogen-bond acceptors (Lipinski definition) is 8. The van der Waals surface area contributed by atoms with Crippen molar-refractivity contribution in [2.24, 2.45) is 7.05 Å². The lowest BCUT2D eigenvalue weighted by Crippen LogP contribution is -2.37. The van der Waals surface area contributed by atoms with E-state index in [1.807, 2.05) is 44.3 Å². The van der Waals surface area contributed by atoms with Crippen LogP contribution in [0.15, 0.2) is 78.0 Å². The molecule has 6 rings (SSSR count). The van der Waals surface area contributed by atoms with Crippen molar-refractivity contribution in [3.8, 4) is 11.8 Å². The van der Waals surface area contributed by atoms with Crippen LogP contribution in [0.2, 0.25) is 0 Å². The third kappa shape index (κ3) is 4.69. The zero-order chi connectivity index (χ0) is 29.4. The Hall–Kier alpha value is -5.96. The van der Waals surface area contributed by atoms with Gasteiger partial charge in [-0.05, 0) is 44.2 Å². The van der Waals surface area contributed by atoms with Crippen LogP contribution in [0.5, 0.6) is 0 Å². The molecule has 208 valence electrons. The minimum atomic E-state index is -0.725. The standard InChI is InChI=1S/C30H26N10O2/c1-18(34-29(41)25-26(31)37-39-16-8-15-32-28(25)39)27-35-23-12-7-9-20(13-14-21-17-33-38(3)19(21)2)24(23)30(42)40(27)36-22-10-5-4-6-11-22/h4-12,15-18,36H,1-3H3,(H2,31,37)(H,34,41)/t18-/m1/s1. The number of nitrogens with one attached hydrogen (secondary N) is 2. The van der Waals surface area contributed by atoms with Crippen LogP contribution in [0.4, 0.5) is 11.5 Å². The Morgan fingerprint density at radius 2 is 1.83 bits per heavy atom. The summed E-state index contributed by atoms with van der Waals surface area (Å²) in [7, 11) is 1.85. The molecule has 42 heavy (non-hydrogen) atoms. The molecule has 0 fully saturated rings. The number of carbonyl (C=O) groups excluding carboxylic acids is 1.